The molecule has 0 saturated heterocycles. The van der Waals surface area contributed by atoms with E-state index >= 15 is 0 Å². The largest absolute Gasteiger partial charge is 0.497 e. The van der Waals surface area contributed by atoms with Gasteiger partial charge < -0.3 is 4.74 Å². The first-order valence-corrected chi connectivity index (χ1v) is 8.40. The fourth-order valence-corrected chi connectivity index (χ4v) is 4.56. The van der Waals surface area contributed by atoms with Crippen LogP contribution in [-0.4, -0.2) is 7.11 Å². The Labute approximate surface area is 127 Å². The summed E-state index contributed by atoms with van der Waals surface area (Å²) >= 11 is 7.57. The normalized spacial score (nSPS) is 19.3. The molecule has 1 aromatic rings. The zero-order valence-electron chi connectivity index (χ0n) is 10.8. The standard InChI is InChI=1S/C15H20Br2O/c1-18-12-8-9-13(14(16)10-12)15(17)11-6-4-2-3-5-7-11/h8-11,15H,2-7H2,1H3. The van der Waals surface area contributed by atoms with Gasteiger partial charge in [0, 0.05) is 9.30 Å². The molecule has 0 radical (unpaired) electrons. The van der Waals surface area contributed by atoms with E-state index in [4.69, 9.17) is 4.74 Å². The molecule has 0 aliphatic heterocycles. The lowest BCUT2D eigenvalue weighted by Gasteiger charge is -2.22. The van der Waals surface area contributed by atoms with E-state index in [2.05, 4.69) is 44.0 Å². The van der Waals surface area contributed by atoms with Crippen LogP contribution >= 0.6 is 31.9 Å². The Hall–Kier alpha value is -0.0200. The molecule has 0 spiro atoms. The number of benzene rings is 1. The second kappa shape index (κ2) is 6.95. The number of ether oxygens (including phenoxy) is 1. The van der Waals surface area contributed by atoms with Crippen LogP contribution in [0.1, 0.15) is 48.9 Å². The summed E-state index contributed by atoms with van der Waals surface area (Å²) in [5, 5.41) is 0. The highest BCUT2D eigenvalue weighted by atomic mass is 79.9. The minimum Gasteiger partial charge on any atom is -0.497 e. The molecule has 0 amide bonds. The van der Waals surface area contributed by atoms with Gasteiger partial charge in [0.1, 0.15) is 5.75 Å². The van der Waals surface area contributed by atoms with Crippen molar-refractivity contribution in [3.63, 3.8) is 0 Å². The van der Waals surface area contributed by atoms with Gasteiger partial charge >= 0.3 is 0 Å². The molecule has 1 saturated carbocycles. The number of halogens is 2. The maximum absolute atomic E-state index is 5.25. The summed E-state index contributed by atoms with van der Waals surface area (Å²) in [5.74, 6) is 1.67. The number of hydrogen-bond donors (Lipinski definition) is 0. The van der Waals surface area contributed by atoms with Crippen LogP contribution in [-0.2, 0) is 0 Å². The Morgan fingerprint density at radius 2 is 1.83 bits per heavy atom. The number of alkyl halides is 1. The van der Waals surface area contributed by atoms with Gasteiger partial charge in [-0.05, 0) is 36.5 Å². The van der Waals surface area contributed by atoms with Crippen molar-refractivity contribution in [1.82, 2.24) is 0 Å². The Morgan fingerprint density at radius 3 is 2.39 bits per heavy atom. The molecule has 0 N–H and O–H groups in total. The third kappa shape index (κ3) is 3.51. The van der Waals surface area contributed by atoms with Crippen LogP contribution in [0.4, 0.5) is 0 Å². The van der Waals surface area contributed by atoms with Gasteiger partial charge in [-0.15, -0.1) is 0 Å². The highest BCUT2D eigenvalue weighted by Gasteiger charge is 2.23. The van der Waals surface area contributed by atoms with Crippen molar-refractivity contribution in [3.8, 4) is 5.75 Å². The molecule has 1 fully saturated rings. The second-order valence-corrected chi connectivity index (χ2v) is 6.88. The van der Waals surface area contributed by atoms with Crippen molar-refractivity contribution in [2.24, 2.45) is 5.92 Å². The van der Waals surface area contributed by atoms with Crippen LogP contribution in [0.15, 0.2) is 22.7 Å². The molecule has 0 heterocycles. The fraction of sp³-hybridized carbons (Fsp3) is 0.600. The summed E-state index contributed by atoms with van der Waals surface area (Å²) in [6.07, 6.45) is 8.24. The highest BCUT2D eigenvalue weighted by molar-refractivity contribution is 9.11. The van der Waals surface area contributed by atoms with Gasteiger partial charge in [-0.3, -0.25) is 0 Å². The van der Waals surface area contributed by atoms with E-state index in [-0.39, 0.29) is 0 Å². The van der Waals surface area contributed by atoms with Gasteiger partial charge in [0.2, 0.25) is 0 Å². The predicted molar refractivity (Wildman–Crippen MR) is 83.6 cm³/mol. The van der Waals surface area contributed by atoms with Crippen LogP contribution < -0.4 is 4.74 Å². The molecule has 1 nitrogen and oxygen atoms in total. The maximum Gasteiger partial charge on any atom is 0.120 e. The van der Waals surface area contributed by atoms with Crippen molar-refractivity contribution in [2.45, 2.75) is 43.4 Å². The lowest BCUT2D eigenvalue weighted by molar-refractivity contribution is 0.413. The summed E-state index contributed by atoms with van der Waals surface area (Å²) in [4.78, 5) is 0.455. The number of rotatable bonds is 3. The summed E-state index contributed by atoms with van der Waals surface area (Å²) < 4.78 is 6.40. The molecular weight excluding hydrogens is 356 g/mol. The zero-order valence-corrected chi connectivity index (χ0v) is 14.0. The van der Waals surface area contributed by atoms with Crippen molar-refractivity contribution >= 4 is 31.9 Å². The maximum atomic E-state index is 5.25. The van der Waals surface area contributed by atoms with Gasteiger partial charge in [-0.1, -0.05) is 63.6 Å². The average Bonchev–Trinajstić information content (AvgIpc) is 2.66. The summed E-state index contributed by atoms with van der Waals surface area (Å²) in [6.45, 7) is 0. The van der Waals surface area contributed by atoms with E-state index in [9.17, 15) is 0 Å². The monoisotopic (exact) mass is 374 g/mol. The van der Waals surface area contributed by atoms with Crippen molar-refractivity contribution < 1.29 is 4.74 Å². The van der Waals surface area contributed by atoms with Crippen LogP contribution in [0, 0.1) is 5.92 Å². The van der Waals surface area contributed by atoms with Crippen LogP contribution in [0.3, 0.4) is 0 Å². The third-order valence-corrected chi connectivity index (χ3v) is 5.75. The Kier molecular flexibility index (Phi) is 5.56. The highest BCUT2D eigenvalue weighted by Crippen LogP contribution is 2.42. The Balaban J connectivity index is 2.14. The molecule has 3 heteroatoms. The van der Waals surface area contributed by atoms with E-state index in [1.807, 2.05) is 6.07 Å². The quantitative estimate of drug-likeness (QED) is 0.474. The van der Waals surface area contributed by atoms with Crippen LogP contribution in [0.25, 0.3) is 0 Å². The van der Waals surface area contributed by atoms with E-state index in [1.54, 1.807) is 7.11 Å². The van der Waals surface area contributed by atoms with Crippen molar-refractivity contribution in [3.05, 3.63) is 28.2 Å². The SMILES string of the molecule is COc1ccc(C(Br)C2CCCCCC2)c(Br)c1. The molecular formula is C15H20Br2O. The fourth-order valence-electron chi connectivity index (χ4n) is 2.72. The molecule has 0 aromatic heterocycles. The number of methoxy groups -OCH3 is 1. The lowest BCUT2D eigenvalue weighted by Crippen LogP contribution is -2.07. The van der Waals surface area contributed by atoms with E-state index in [1.165, 1.54) is 44.1 Å². The molecule has 1 aliphatic rings. The molecule has 1 atom stereocenters. The van der Waals surface area contributed by atoms with E-state index in [0.717, 1.165) is 16.1 Å². The van der Waals surface area contributed by atoms with Crippen molar-refractivity contribution in [1.29, 1.82) is 0 Å². The van der Waals surface area contributed by atoms with E-state index < -0.39 is 0 Å². The first kappa shape index (κ1) is 14.4. The average molecular weight is 376 g/mol. The van der Waals surface area contributed by atoms with E-state index in [0.29, 0.717) is 4.83 Å². The molecule has 2 rings (SSSR count). The summed E-state index contributed by atoms with van der Waals surface area (Å²) in [5.41, 5.74) is 1.35. The lowest BCUT2D eigenvalue weighted by atomic mass is 9.92. The minimum absolute atomic E-state index is 0.455. The minimum atomic E-state index is 0.455. The molecule has 1 unspecified atom stereocenters. The summed E-state index contributed by atoms with van der Waals surface area (Å²) in [6, 6.07) is 6.28. The van der Waals surface area contributed by atoms with Gasteiger partial charge in [0.05, 0.1) is 7.11 Å². The first-order chi connectivity index (χ1) is 8.72. The van der Waals surface area contributed by atoms with Crippen LogP contribution in [0.5, 0.6) is 5.75 Å². The smallest absolute Gasteiger partial charge is 0.120 e. The third-order valence-electron chi connectivity index (χ3n) is 3.82. The van der Waals surface area contributed by atoms with Gasteiger partial charge in [0.15, 0.2) is 0 Å². The van der Waals surface area contributed by atoms with Gasteiger partial charge in [-0.2, -0.15) is 0 Å². The van der Waals surface area contributed by atoms with Gasteiger partial charge in [0.25, 0.3) is 0 Å². The second-order valence-electron chi connectivity index (χ2n) is 5.04. The zero-order chi connectivity index (χ0) is 13.0. The predicted octanol–water partition coefficient (Wildman–Crippen LogP) is 5.86. The number of hydrogen-bond acceptors (Lipinski definition) is 1. The summed E-state index contributed by atoms with van der Waals surface area (Å²) in [7, 11) is 1.71. The molecule has 1 aliphatic carbocycles. The molecule has 1 aromatic carbocycles. The Morgan fingerprint density at radius 1 is 1.17 bits per heavy atom. The topological polar surface area (TPSA) is 9.23 Å². The Bertz CT molecular complexity index is 384. The molecule has 18 heavy (non-hydrogen) atoms. The first-order valence-electron chi connectivity index (χ1n) is 6.70. The molecule has 100 valence electrons. The van der Waals surface area contributed by atoms with Gasteiger partial charge in [-0.25, -0.2) is 0 Å². The van der Waals surface area contributed by atoms with Crippen molar-refractivity contribution in [2.75, 3.05) is 7.11 Å². The molecule has 0 bridgehead atoms. The van der Waals surface area contributed by atoms with Crippen LogP contribution in [0.2, 0.25) is 0 Å².